The third kappa shape index (κ3) is 3.26. The highest BCUT2D eigenvalue weighted by Gasteiger charge is 2.17. The fourth-order valence-electron chi connectivity index (χ4n) is 2.69. The molecule has 134 valence electrons. The predicted octanol–water partition coefficient (Wildman–Crippen LogP) is 3.04. The van der Waals surface area contributed by atoms with Gasteiger partial charge in [0.15, 0.2) is 5.69 Å². The van der Waals surface area contributed by atoms with E-state index in [9.17, 15) is 20.2 Å². The average Bonchev–Trinajstić information content (AvgIpc) is 2.89. The van der Waals surface area contributed by atoms with E-state index in [-0.39, 0.29) is 22.6 Å². The van der Waals surface area contributed by atoms with Gasteiger partial charge in [-0.3, -0.25) is 19.6 Å². The Morgan fingerprint density at radius 1 is 1.15 bits per heavy atom. The number of benzene rings is 2. The maximum atomic E-state index is 12.9. The topological polar surface area (TPSA) is 106 Å². The maximum absolute atomic E-state index is 12.9. The maximum Gasteiger partial charge on any atom is 0.297 e. The fraction of sp³-hybridized carbons (Fsp3) is 0.105. The van der Waals surface area contributed by atoms with Gasteiger partial charge in [-0.15, -0.1) is 0 Å². The van der Waals surface area contributed by atoms with Crippen molar-refractivity contribution in [3.8, 4) is 11.8 Å². The molecule has 0 aliphatic heterocycles. The molecule has 0 aliphatic carbocycles. The zero-order chi connectivity index (χ0) is 19.6. The van der Waals surface area contributed by atoms with Gasteiger partial charge in [-0.25, -0.2) is 9.67 Å². The second-order valence-electron chi connectivity index (χ2n) is 5.79. The van der Waals surface area contributed by atoms with Crippen molar-refractivity contribution in [2.45, 2.75) is 6.92 Å². The number of aromatic nitrogens is 2. The molecule has 0 spiro atoms. The highest BCUT2D eigenvalue weighted by Crippen LogP contribution is 2.19. The summed E-state index contributed by atoms with van der Waals surface area (Å²) >= 11 is 0. The Morgan fingerprint density at radius 2 is 1.78 bits per heavy atom. The number of nitrogens with zero attached hydrogens (tertiary/aromatic N) is 5. The summed E-state index contributed by atoms with van der Waals surface area (Å²) in [5.41, 5.74) is 1.40. The van der Waals surface area contributed by atoms with Crippen LogP contribution in [0.5, 0.6) is 0 Å². The normalized spacial score (nSPS) is 11.2. The SMILES string of the molecule is Cc1c(N=C(C#N)c2ccc([N+](=O)[O-])cc2)c(=O)n(-c2ccccc2)n1C. The minimum atomic E-state index is -0.521. The smallest absolute Gasteiger partial charge is 0.283 e. The minimum absolute atomic E-state index is 0.0101. The number of hydrogen-bond acceptors (Lipinski definition) is 5. The Balaban J connectivity index is 2.12. The number of hydrogen-bond donors (Lipinski definition) is 0. The van der Waals surface area contributed by atoms with Crippen molar-refractivity contribution in [1.82, 2.24) is 9.36 Å². The summed E-state index contributed by atoms with van der Waals surface area (Å²) < 4.78 is 3.14. The standard InChI is InChI=1S/C19H15N5O3/c1-13-18(19(25)23(22(13)2)15-6-4-3-5-7-15)21-17(12-20)14-8-10-16(11-9-14)24(26)27/h3-11H,1-2H3. The largest absolute Gasteiger partial charge is 0.297 e. The van der Waals surface area contributed by atoms with Crippen LogP contribution in [0.4, 0.5) is 11.4 Å². The zero-order valence-electron chi connectivity index (χ0n) is 14.7. The van der Waals surface area contributed by atoms with E-state index in [2.05, 4.69) is 4.99 Å². The summed E-state index contributed by atoms with van der Waals surface area (Å²) in [7, 11) is 1.74. The lowest BCUT2D eigenvalue weighted by atomic mass is 10.1. The molecule has 8 nitrogen and oxygen atoms in total. The summed E-state index contributed by atoms with van der Waals surface area (Å²) in [4.78, 5) is 27.4. The molecule has 27 heavy (non-hydrogen) atoms. The van der Waals surface area contributed by atoms with Gasteiger partial charge in [0.2, 0.25) is 0 Å². The van der Waals surface area contributed by atoms with E-state index in [1.165, 1.54) is 28.9 Å². The van der Waals surface area contributed by atoms with Gasteiger partial charge < -0.3 is 0 Å². The molecule has 3 rings (SSSR count). The van der Waals surface area contributed by atoms with Crippen LogP contribution < -0.4 is 5.56 Å². The first-order chi connectivity index (χ1) is 12.9. The van der Waals surface area contributed by atoms with Crippen molar-refractivity contribution in [2.75, 3.05) is 0 Å². The lowest BCUT2D eigenvalue weighted by Crippen LogP contribution is -2.19. The molecule has 0 unspecified atom stereocenters. The Hall–Kier alpha value is -3.99. The molecule has 0 aliphatic rings. The third-order valence-corrected chi connectivity index (χ3v) is 4.20. The Morgan fingerprint density at radius 3 is 2.33 bits per heavy atom. The van der Waals surface area contributed by atoms with Crippen LogP contribution in [0, 0.1) is 28.4 Å². The lowest BCUT2D eigenvalue weighted by molar-refractivity contribution is -0.384. The molecule has 0 atom stereocenters. The van der Waals surface area contributed by atoms with Crippen molar-refractivity contribution in [3.63, 3.8) is 0 Å². The Labute approximate surface area is 154 Å². The Bertz CT molecular complexity index is 1130. The van der Waals surface area contributed by atoms with Gasteiger partial charge in [-0.2, -0.15) is 5.26 Å². The average molecular weight is 361 g/mol. The molecule has 3 aromatic rings. The van der Waals surface area contributed by atoms with Crippen LogP contribution in [0.3, 0.4) is 0 Å². The molecule has 0 N–H and O–H groups in total. The van der Waals surface area contributed by atoms with Crippen LogP contribution in [0.25, 0.3) is 5.69 Å². The van der Waals surface area contributed by atoms with Crippen LogP contribution in [-0.4, -0.2) is 20.0 Å². The van der Waals surface area contributed by atoms with Crippen LogP contribution in [0.15, 0.2) is 64.4 Å². The number of aliphatic imine (C=N–C) groups is 1. The zero-order valence-corrected chi connectivity index (χ0v) is 14.7. The lowest BCUT2D eigenvalue weighted by Gasteiger charge is -2.07. The molecular weight excluding hydrogens is 346 g/mol. The number of rotatable bonds is 4. The van der Waals surface area contributed by atoms with E-state index in [4.69, 9.17) is 0 Å². The first-order valence-corrected chi connectivity index (χ1v) is 8.01. The van der Waals surface area contributed by atoms with Gasteiger partial charge in [-0.1, -0.05) is 18.2 Å². The van der Waals surface area contributed by atoms with Crippen molar-refractivity contribution >= 4 is 17.1 Å². The third-order valence-electron chi connectivity index (χ3n) is 4.20. The van der Waals surface area contributed by atoms with E-state index < -0.39 is 4.92 Å². The minimum Gasteiger partial charge on any atom is -0.283 e. The molecule has 0 saturated heterocycles. The summed E-state index contributed by atoms with van der Waals surface area (Å²) in [5, 5.41) is 20.2. The number of nitro benzene ring substituents is 1. The van der Waals surface area contributed by atoms with E-state index >= 15 is 0 Å². The highest BCUT2D eigenvalue weighted by atomic mass is 16.6. The quantitative estimate of drug-likeness (QED) is 0.404. The van der Waals surface area contributed by atoms with Crippen LogP contribution >= 0.6 is 0 Å². The molecule has 0 bridgehead atoms. The van der Waals surface area contributed by atoms with Crippen molar-refractivity contribution in [3.05, 3.63) is 86.3 Å². The van der Waals surface area contributed by atoms with Gasteiger partial charge in [0, 0.05) is 24.7 Å². The van der Waals surface area contributed by atoms with Gasteiger partial charge in [0.05, 0.1) is 16.3 Å². The monoisotopic (exact) mass is 361 g/mol. The van der Waals surface area contributed by atoms with Crippen molar-refractivity contribution < 1.29 is 4.92 Å². The fourth-order valence-corrected chi connectivity index (χ4v) is 2.69. The van der Waals surface area contributed by atoms with E-state index in [0.29, 0.717) is 16.9 Å². The summed E-state index contributed by atoms with van der Waals surface area (Å²) in [6, 6.07) is 16.5. The molecule has 8 heteroatoms. The highest BCUT2D eigenvalue weighted by molar-refractivity contribution is 6.12. The van der Waals surface area contributed by atoms with Crippen LogP contribution in [0.2, 0.25) is 0 Å². The van der Waals surface area contributed by atoms with Gasteiger partial charge in [0.1, 0.15) is 11.8 Å². The van der Waals surface area contributed by atoms with Crippen molar-refractivity contribution in [1.29, 1.82) is 5.26 Å². The first-order valence-electron chi connectivity index (χ1n) is 8.01. The van der Waals surface area contributed by atoms with Gasteiger partial charge in [-0.05, 0) is 31.2 Å². The molecule has 2 aromatic carbocycles. The van der Waals surface area contributed by atoms with Crippen LogP contribution in [-0.2, 0) is 7.05 Å². The molecule has 0 radical (unpaired) electrons. The predicted molar refractivity (Wildman–Crippen MR) is 101 cm³/mol. The molecule has 1 aromatic heterocycles. The summed E-state index contributed by atoms with van der Waals surface area (Å²) in [5.74, 6) is 0. The van der Waals surface area contributed by atoms with Gasteiger partial charge in [0.25, 0.3) is 11.2 Å². The van der Waals surface area contributed by atoms with E-state index in [0.717, 1.165) is 0 Å². The second-order valence-corrected chi connectivity index (χ2v) is 5.79. The number of nitriles is 1. The summed E-state index contributed by atoms with van der Waals surface area (Å²) in [6.45, 7) is 1.74. The first kappa shape index (κ1) is 17.8. The Kier molecular flexibility index (Phi) is 4.68. The molecule has 0 fully saturated rings. The van der Waals surface area contributed by atoms with Gasteiger partial charge >= 0.3 is 0 Å². The van der Waals surface area contributed by atoms with E-state index in [1.54, 1.807) is 30.8 Å². The number of para-hydroxylation sites is 1. The molecule has 1 heterocycles. The number of non-ortho nitro benzene ring substituents is 1. The van der Waals surface area contributed by atoms with E-state index in [1.807, 2.05) is 24.3 Å². The molecule has 0 amide bonds. The second kappa shape index (κ2) is 7.09. The molecular formula is C19H15N5O3. The molecule has 0 saturated carbocycles. The number of nitro groups is 1. The summed E-state index contributed by atoms with van der Waals surface area (Å²) in [6.07, 6.45) is 0. The van der Waals surface area contributed by atoms with Crippen molar-refractivity contribution in [2.24, 2.45) is 12.0 Å². The van der Waals surface area contributed by atoms with Crippen LogP contribution in [0.1, 0.15) is 11.3 Å².